The number of hydrogen-bond donors (Lipinski definition) is 1. The number of imidazole rings is 1. The fourth-order valence-electron chi connectivity index (χ4n) is 3.19. The summed E-state index contributed by atoms with van der Waals surface area (Å²) >= 11 is 3.45. The van der Waals surface area contributed by atoms with E-state index in [1.54, 1.807) is 32.9 Å². The number of carbonyl (C=O) groups excluding carboxylic acids is 1. The lowest BCUT2D eigenvalue weighted by Crippen LogP contribution is -2.33. The second-order valence-electron chi connectivity index (χ2n) is 8.58. The number of nitrogens with zero attached hydrogens (tertiary/aromatic N) is 2. The summed E-state index contributed by atoms with van der Waals surface area (Å²) in [6, 6.07) is 12.2. The molecule has 0 radical (unpaired) electrons. The number of benzene rings is 2. The van der Waals surface area contributed by atoms with Crippen molar-refractivity contribution in [2.45, 2.75) is 51.2 Å². The smallest absolute Gasteiger partial charge is 0.407 e. The molecule has 0 atom stereocenters. The van der Waals surface area contributed by atoms with Gasteiger partial charge in [0.05, 0.1) is 22.5 Å². The van der Waals surface area contributed by atoms with Crippen LogP contribution in [0.4, 0.5) is 4.79 Å². The van der Waals surface area contributed by atoms with Gasteiger partial charge in [0.25, 0.3) is 10.1 Å². The van der Waals surface area contributed by atoms with Gasteiger partial charge in [0, 0.05) is 24.0 Å². The van der Waals surface area contributed by atoms with Gasteiger partial charge in [0.2, 0.25) is 0 Å². The number of aryl methyl sites for hydroxylation is 1. The maximum Gasteiger partial charge on any atom is 0.407 e. The molecule has 8 nitrogen and oxygen atoms in total. The Morgan fingerprint density at radius 3 is 2.52 bits per heavy atom. The fraction of sp³-hybridized carbons (Fsp3) is 0.391. The van der Waals surface area contributed by atoms with Crippen molar-refractivity contribution in [3.63, 3.8) is 0 Å². The Kier molecular flexibility index (Phi) is 7.81. The molecule has 3 aromatic rings. The van der Waals surface area contributed by atoms with Crippen LogP contribution in [0.1, 0.15) is 32.2 Å². The number of amides is 1. The summed E-state index contributed by atoms with van der Waals surface area (Å²) in [4.78, 5) is 16.7. The lowest BCUT2D eigenvalue weighted by molar-refractivity contribution is 0.0528. The van der Waals surface area contributed by atoms with Gasteiger partial charge in [0.15, 0.2) is 0 Å². The second-order valence-corrected chi connectivity index (χ2v) is 11.1. The molecule has 10 heteroatoms. The highest BCUT2D eigenvalue weighted by molar-refractivity contribution is 9.10. The van der Waals surface area contributed by atoms with Crippen LogP contribution < -0.4 is 5.32 Å². The maximum absolute atomic E-state index is 12.5. The first-order chi connectivity index (χ1) is 15.4. The van der Waals surface area contributed by atoms with Crippen LogP contribution in [-0.2, 0) is 32.0 Å². The number of aromatic nitrogens is 2. The average Bonchev–Trinajstić information content (AvgIpc) is 3.03. The summed E-state index contributed by atoms with van der Waals surface area (Å²) in [7, 11) is -3.86. The lowest BCUT2D eigenvalue weighted by Gasteiger charge is -2.19. The molecule has 0 aliphatic rings. The first kappa shape index (κ1) is 25.2. The third kappa shape index (κ3) is 7.02. The molecule has 3 rings (SSSR count). The van der Waals surface area contributed by atoms with E-state index in [9.17, 15) is 13.2 Å². The Hall–Kier alpha value is -2.43. The highest BCUT2D eigenvalue weighted by Gasteiger charge is 2.18. The van der Waals surface area contributed by atoms with Crippen molar-refractivity contribution in [3.8, 4) is 0 Å². The number of alkyl carbamates (subject to hydrolysis) is 1. The number of fused-ring (bicyclic) bond motifs is 1. The highest BCUT2D eigenvalue weighted by Crippen LogP contribution is 2.22. The van der Waals surface area contributed by atoms with Gasteiger partial charge in [-0.25, -0.2) is 9.78 Å². The number of carbonyl (C=O) groups is 1. The predicted octanol–water partition coefficient (Wildman–Crippen LogP) is 4.58. The van der Waals surface area contributed by atoms with E-state index in [4.69, 9.17) is 8.92 Å². The molecule has 1 aromatic heterocycles. The van der Waals surface area contributed by atoms with E-state index in [0.29, 0.717) is 18.8 Å². The minimum Gasteiger partial charge on any atom is -0.444 e. The quantitative estimate of drug-likeness (QED) is 0.422. The van der Waals surface area contributed by atoms with Gasteiger partial charge in [-0.05, 0) is 58.0 Å². The van der Waals surface area contributed by atoms with Crippen molar-refractivity contribution in [2.75, 3.05) is 13.2 Å². The molecule has 1 amide bonds. The zero-order valence-corrected chi connectivity index (χ0v) is 21.5. The Morgan fingerprint density at radius 1 is 1.15 bits per heavy atom. The maximum atomic E-state index is 12.5. The minimum absolute atomic E-state index is 0.0514. The normalized spacial score (nSPS) is 12.2. The number of rotatable bonds is 8. The van der Waals surface area contributed by atoms with Crippen molar-refractivity contribution in [3.05, 3.63) is 58.3 Å². The molecule has 178 valence electrons. The minimum atomic E-state index is -3.86. The molecule has 1 heterocycles. The van der Waals surface area contributed by atoms with Gasteiger partial charge in [-0.3, -0.25) is 4.18 Å². The molecular weight excluding hydrogens is 510 g/mol. The van der Waals surface area contributed by atoms with Gasteiger partial charge in [-0.15, -0.1) is 0 Å². The molecular formula is C23H28BrN3O5S. The summed E-state index contributed by atoms with van der Waals surface area (Å²) in [5, 5.41) is 2.73. The van der Waals surface area contributed by atoms with E-state index in [2.05, 4.69) is 26.2 Å². The van der Waals surface area contributed by atoms with Gasteiger partial charge >= 0.3 is 6.09 Å². The zero-order valence-electron chi connectivity index (χ0n) is 19.1. The molecule has 2 aromatic carbocycles. The first-order valence-electron chi connectivity index (χ1n) is 10.5. The molecule has 0 aliphatic heterocycles. The van der Waals surface area contributed by atoms with Crippen molar-refractivity contribution < 1.29 is 22.1 Å². The van der Waals surface area contributed by atoms with Crippen molar-refractivity contribution >= 4 is 43.2 Å². The molecule has 0 fully saturated rings. The van der Waals surface area contributed by atoms with Crippen LogP contribution in [0.5, 0.6) is 0 Å². The van der Waals surface area contributed by atoms with Gasteiger partial charge in [0.1, 0.15) is 11.4 Å². The predicted molar refractivity (Wildman–Crippen MR) is 130 cm³/mol. The van der Waals surface area contributed by atoms with E-state index in [1.807, 2.05) is 29.7 Å². The highest BCUT2D eigenvalue weighted by atomic mass is 79.9. The molecule has 0 saturated heterocycles. The third-order valence-corrected chi connectivity index (χ3v) is 6.49. The average molecular weight is 538 g/mol. The van der Waals surface area contributed by atoms with E-state index >= 15 is 0 Å². The standard InChI is InChI=1S/C23H28BrN3O5S/c1-16-5-8-18(9-6-16)33(29,30)31-14-13-27-20-10-7-17(24)15-19(20)26-21(27)11-12-25-22(28)32-23(2,3)4/h5-10,15H,11-14H2,1-4H3,(H,25,28). The molecule has 0 spiro atoms. The Bertz CT molecular complexity index is 1230. The Morgan fingerprint density at radius 2 is 1.85 bits per heavy atom. The molecule has 0 saturated carbocycles. The van der Waals surface area contributed by atoms with Crippen molar-refractivity contribution in [2.24, 2.45) is 0 Å². The summed E-state index contributed by atoms with van der Waals surface area (Å²) < 4.78 is 38.4. The number of nitrogens with one attached hydrogen (secondary N) is 1. The van der Waals surface area contributed by atoms with Gasteiger partial charge < -0.3 is 14.6 Å². The van der Waals surface area contributed by atoms with E-state index in [1.165, 1.54) is 12.1 Å². The topological polar surface area (TPSA) is 99.5 Å². The van der Waals surface area contributed by atoms with E-state index in [-0.39, 0.29) is 18.0 Å². The van der Waals surface area contributed by atoms with Crippen LogP contribution in [0.25, 0.3) is 11.0 Å². The van der Waals surface area contributed by atoms with Crippen LogP contribution >= 0.6 is 15.9 Å². The largest absolute Gasteiger partial charge is 0.444 e. The summed E-state index contributed by atoms with van der Waals surface area (Å²) in [5.41, 5.74) is 2.00. The Labute approximate surface area is 202 Å². The first-order valence-corrected chi connectivity index (χ1v) is 12.7. The SMILES string of the molecule is Cc1ccc(S(=O)(=O)OCCn2c(CCNC(=O)OC(C)(C)C)nc3cc(Br)ccc32)cc1. The lowest BCUT2D eigenvalue weighted by atomic mass is 10.2. The molecule has 33 heavy (non-hydrogen) atoms. The van der Waals surface area contributed by atoms with Crippen LogP contribution in [-0.4, -0.2) is 42.8 Å². The third-order valence-electron chi connectivity index (χ3n) is 4.67. The molecule has 0 aliphatic carbocycles. The monoisotopic (exact) mass is 537 g/mol. The van der Waals surface area contributed by atoms with Crippen molar-refractivity contribution in [1.82, 2.24) is 14.9 Å². The zero-order chi connectivity index (χ0) is 24.2. The van der Waals surface area contributed by atoms with Crippen LogP contribution in [0.3, 0.4) is 0 Å². The van der Waals surface area contributed by atoms with Gasteiger partial charge in [-0.1, -0.05) is 33.6 Å². The number of ether oxygens (including phenoxy) is 1. The van der Waals surface area contributed by atoms with E-state index < -0.39 is 21.8 Å². The summed E-state index contributed by atoms with van der Waals surface area (Å²) in [5.74, 6) is 0.704. The van der Waals surface area contributed by atoms with Crippen LogP contribution in [0.15, 0.2) is 51.8 Å². The summed E-state index contributed by atoms with van der Waals surface area (Å²) in [6.07, 6.45) is -0.0589. The fourth-order valence-corrected chi connectivity index (χ4v) is 4.44. The van der Waals surface area contributed by atoms with Crippen LogP contribution in [0, 0.1) is 6.92 Å². The van der Waals surface area contributed by atoms with Crippen LogP contribution in [0.2, 0.25) is 0 Å². The Balaban J connectivity index is 1.71. The molecule has 1 N–H and O–H groups in total. The van der Waals surface area contributed by atoms with Gasteiger partial charge in [-0.2, -0.15) is 8.42 Å². The molecule has 0 bridgehead atoms. The number of halogens is 1. The second kappa shape index (κ2) is 10.2. The van der Waals surface area contributed by atoms with E-state index in [0.717, 1.165) is 21.1 Å². The van der Waals surface area contributed by atoms with Crippen molar-refractivity contribution in [1.29, 1.82) is 0 Å². The summed E-state index contributed by atoms with van der Waals surface area (Å²) in [6.45, 7) is 7.84. The molecule has 0 unspecified atom stereocenters. The number of hydrogen-bond acceptors (Lipinski definition) is 6.